The van der Waals surface area contributed by atoms with E-state index in [1.54, 1.807) is 30.5 Å². The van der Waals surface area contributed by atoms with Crippen molar-refractivity contribution in [1.82, 2.24) is 0 Å². The van der Waals surface area contributed by atoms with Crippen LogP contribution in [0.3, 0.4) is 0 Å². The van der Waals surface area contributed by atoms with E-state index in [2.05, 4.69) is 5.32 Å². The first-order valence-corrected chi connectivity index (χ1v) is 7.72. The Kier molecular flexibility index (Phi) is 5.41. The highest BCUT2D eigenvalue weighted by Gasteiger charge is 2.19. The molecule has 1 aromatic heterocycles. The molecule has 0 aliphatic rings. The van der Waals surface area contributed by atoms with Gasteiger partial charge in [0.15, 0.2) is 0 Å². The number of halogens is 1. The first-order chi connectivity index (χ1) is 10.6. The lowest BCUT2D eigenvalue weighted by Gasteiger charge is -2.10. The Balaban J connectivity index is 2.25. The van der Waals surface area contributed by atoms with Gasteiger partial charge in [-0.05, 0) is 36.6 Å². The number of rotatable bonds is 5. The number of thiophene rings is 1. The Bertz CT molecular complexity index is 699. The monoisotopic (exact) mass is 339 g/mol. The van der Waals surface area contributed by atoms with Crippen molar-refractivity contribution in [2.75, 3.05) is 19.0 Å². The van der Waals surface area contributed by atoms with Crippen molar-refractivity contribution in [3.8, 4) is 5.75 Å². The van der Waals surface area contributed by atoms with Crippen molar-refractivity contribution >= 4 is 39.8 Å². The van der Waals surface area contributed by atoms with Gasteiger partial charge < -0.3 is 14.8 Å². The summed E-state index contributed by atoms with van der Waals surface area (Å²) < 4.78 is 10.1. The number of esters is 1. The number of carbonyl (C=O) groups is 2. The molecule has 0 saturated heterocycles. The summed E-state index contributed by atoms with van der Waals surface area (Å²) >= 11 is 7.15. The van der Waals surface area contributed by atoms with E-state index < -0.39 is 11.9 Å². The zero-order valence-corrected chi connectivity index (χ0v) is 13.6. The Morgan fingerprint density at radius 1 is 1.27 bits per heavy atom. The maximum Gasteiger partial charge on any atom is 0.341 e. The predicted molar refractivity (Wildman–Crippen MR) is 86.2 cm³/mol. The van der Waals surface area contributed by atoms with Crippen molar-refractivity contribution in [1.29, 1.82) is 0 Å². The van der Waals surface area contributed by atoms with E-state index in [0.717, 1.165) is 0 Å². The average Bonchev–Trinajstić information content (AvgIpc) is 2.95. The number of carbonyl (C=O) groups excluding carboxylic acids is 2. The second-order valence-electron chi connectivity index (χ2n) is 4.18. The molecule has 2 aromatic rings. The predicted octanol–water partition coefficient (Wildman–Crippen LogP) is 3.84. The molecule has 1 amide bonds. The molecule has 1 heterocycles. The van der Waals surface area contributed by atoms with Gasteiger partial charge in [0.2, 0.25) is 0 Å². The number of anilines is 1. The Labute approximate surface area is 136 Å². The highest BCUT2D eigenvalue weighted by molar-refractivity contribution is 7.14. The molecule has 0 saturated carbocycles. The minimum absolute atomic E-state index is 0.268. The van der Waals surface area contributed by atoms with E-state index in [1.807, 2.05) is 0 Å². The zero-order valence-electron chi connectivity index (χ0n) is 12.0. The van der Waals surface area contributed by atoms with Crippen molar-refractivity contribution in [2.45, 2.75) is 6.92 Å². The molecule has 0 atom stereocenters. The largest absolute Gasteiger partial charge is 0.496 e. The third kappa shape index (κ3) is 3.58. The molecule has 0 fully saturated rings. The van der Waals surface area contributed by atoms with Gasteiger partial charge in [0.05, 0.1) is 24.8 Å². The van der Waals surface area contributed by atoms with Gasteiger partial charge >= 0.3 is 5.97 Å². The van der Waals surface area contributed by atoms with Crippen molar-refractivity contribution in [3.63, 3.8) is 0 Å². The minimum atomic E-state index is -0.475. The van der Waals surface area contributed by atoms with Crippen LogP contribution in [-0.2, 0) is 4.74 Å². The van der Waals surface area contributed by atoms with Crippen LogP contribution in [0.4, 0.5) is 5.00 Å². The summed E-state index contributed by atoms with van der Waals surface area (Å²) in [5.74, 6) is -0.486. The van der Waals surface area contributed by atoms with Gasteiger partial charge in [-0.2, -0.15) is 0 Å². The van der Waals surface area contributed by atoms with E-state index in [9.17, 15) is 9.59 Å². The molecule has 1 aromatic carbocycles. The number of amides is 1. The van der Waals surface area contributed by atoms with Gasteiger partial charge in [0, 0.05) is 5.02 Å². The molecule has 0 unspecified atom stereocenters. The molecule has 116 valence electrons. The summed E-state index contributed by atoms with van der Waals surface area (Å²) in [4.78, 5) is 24.2. The normalized spacial score (nSPS) is 10.1. The smallest absolute Gasteiger partial charge is 0.341 e. The van der Waals surface area contributed by atoms with Crippen LogP contribution in [0, 0.1) is 0 Å². The summed E-state index contributed by atoms with van der Waals surface area (Å²) in [6.07, 6.45) is 0. The van der Waals surface area contributed by atoms with Crippen molar-refractivity contribution in [3.05, 3.63) is 45.8 Å². The number of benzene rings is 1. The second-order valence-corrected chi connectivity index (χ2v) is 5.54. The number of methoxy groups -OCH3 is 1. The number of hydrogen-bond donors (Lipinski definition) is 1. The molecule has 7 heteroatoms. The second kappa shape index (κ2) is 7.29. The maximum atomic E-state index is 12.4. The van der Waals surface area contributed by atoms with E-state index in [1.165, 1.54) is 24.5 Å². The molecule has 1 N–H and O–H groups in total. The van der Waals surface area contributed by atoms with Gasteiger partial charge in [-0.15, -0.1) is 11.3 Å². The van der Waals surface area contributed by atoms with E-state index in [0.29, 0.717) is 26.9 Å². The van der Waals surface area contributed by atoms with Gasteiger partial charge in [0.1, 0.15) is 10.8 Å². The molecule has 0 aliphatic heterocycles. The van der Waals surface area contributed by atoms with Crippen LogP contribution < -0.4 is 10.1 Å². The molecule has 0 bridgehead atoms. The quantitative estimate of drug-likeness (QED) is 0.840. The van der Waals surface area contributed by atoms with Gasteiger partial charge in [0.25, 0.3) is 5.91 Å². The summed E-state index contributed by atoms with van der Waals surface area (Å²) in [6, 6.07) is 6.35. The van der Waals surface area contributed by atoms with Crippen molar-refractivity contribution < 1.29 is 19.1 Å². The molecule has 22 heavy (non-hydrogen) atoms. The first kappa shape index (κ1) is 16.3. The molecule has 0 radical (unpaired) electrons. The molecular weight excluding hydrogens is 326 g/mol. The molecular formula is C15H14ClNO4S. The van der Waals surface area contributed by atoms with Crippen LogP contribution in [0.1, 0.15) is 27.6 Å². The Hall–Kier alpha value is -2.05. The lowest BCUT2D eigenvalue weighted by atomic mass is 10.2. The maximum absolute atomic E-state index is 12.4. The first-order valence-electron chi connectivity index (χ1n) is 6.46. The fourth-order valence-corrected chi connectivity index (χ4v) is 2.75. The third-order valence-corrected chi connectivity index (χ3v) is 3.86. The molecule has 0 aliphatic carbocycles. The topological polar surface area (TPSA) is 64.6 Å². The highest BCUT2D eigenvalue weighted by Crippen LogP contribution is 2.27. The SMILES string of the molecule is CCOC(=O)c1ccsc1NC(=O)c1cc(Cl)ccc1OC. The lowest BCUT2D eigenvalue weighted by molar-refractivity contribution is 0.0528. The Morgan fingerprint density at radius 2 is 2.05 bits per heavy atom. The van der Waals surface area contributed by atoms with Crippen LogP contribution in [0.2, 0.25) is 5.02 Å². The van der Waals surface area contributed by atoms with Crippen LogP contribution in [0.15, 0.2) is 29.6 Å². The summed E-state index contributed by atoms with van der Waals surface area (Å²) in [5, 5.41) is 5.23. The van der Waals surface area contributed by atoms with Crippen LogP contribution >= 0.6 is 22.9 Å². The van der Waals surface area contributed by atoms with Gasteiger partial charge in [-0.3, -0.25) is 4.79 Å². The van der Waals surface area contributed by atoms with E-state index in [-0.39, 0.29) is 6.61 Å². The summed E-state index contributed by atoms with van der Waals surface area (Å²) in [6.45, 7) is 1.99. The number of hydrogen-bond acceptors (Lipinski definition) is 5. The van der Waals surface area contributed by atoms with E-state index >= 15 is 0 Å². The van der Waals surface area contributed by atoms with Crippen molar-refractivity contribution in [2.24, 2.45) is 0 Å². The highest BCUT2D eigenvalue weighted by atomic mass is 35.5. The molecule has 0 spiro atoms. The minimum Gasteiger partial charge on any atom is -0.496 e. The van der Waals surface area contributed by atoms with Crippen LogP contribution in [0.25, 0.3) is 0 Å². The fraction of sp³-hybridized carbons (Fsp3) is 0.200. The number of nitrogens with one attached hydrogen (secondary N) is 1. The van der Waals surface area contributed by atoms with E-state index in [4.69, 9.17) is 21.1 Å². The zero-order chi connectivity index (χ0) is 16.1. The molecule has 5 nitrogen and oxygen atoms in total. The third-order valence-electron chi connectivity index (χ3n) is 2.79. The summed E-state index contributed by atoms with van der Waals surface area (Å²) in [5.41, 5.74) is 0.611. The Morgan fingerprint density at radius 3 is 2.73 bits per heavy atom. The van der Waals surface area contributed by atoms with Crippen LogP contribution in [0.5, 0.6) is 5.75 Å². The van der Waals surface area contributed by atoms with Crippen LogP contribution in [-0.4, -0.2) is 25.6 Å². The lowest BCUT2D eigenvalue weighted by Crippen LogP contribution is -2.15. The van der Waals surface area contributed by atoms with Gasteiger partial charge in [-0.25, -0.2) is 4.79 Å². The molecule has 2 rings (SSSR count). The summed E-state index contributed by atoms with van der Waals surface area (Å²) in [7, 11) is 1.47. The average molecular weight is 340 g/mol. The van der Waals surface area contributed by atoms with Gasteiger partial charge in [-0.1, -0.05) is 11.6 Å². The fourth-order valence-electron chi connectivity index (χ4n) is 1.80. The number of ether oxygens (including phenoxy) is 2. The standard InChI is InChI=1S/C15H14ClNO4S/c1-3-21-15(19)10-6-7-22-14(10)17-13(18)11-8-9(16)4-5-12(11)20-2/h4-8H,3H2,1-2H3,(H,17,18).